The second-order valence-electron chi connectivity index (χ2n) is 9.25. The molecule has 0 unspecified atom stereocenters. The second-order valence-corrected chi connectivity index (χ2v) is 9.25. The lowest BCUT2D eigenvalue weighted by molar-refractivity contribution is 0.199. The van der Waals surface area contributed by atoms with Crippen molar-refractivity contribution >= 4 is 27.9 Å². The molecule has 0 aliphatic carbocycles. The van der Waals surface area contributed by atoms with E-state index in [4.69, 9.17) is 0 Å². The van der Waals surface area contributed by atoms with E-state index in [1.165, 1.54) is 12.1 Å². The second kappa shape index (κ2) is 9.40. The van der Waals surface area contributed by atoms with Crippen molar-refractivity contribution in [3.63, 3.8) is 0 Å². The van der Waals surface area contributed by atoms with Gasteiger partial charge in [-0.3, -0.25) is 9.58 Å². The molecule has 1 aliphatic rings. The van der Waals surface area contributed by atoms with E-state index >= 15 is 0 Å². The van der Waals surface area contributed by atoms with Gasteiger partial charge in [-0.2, -0.15) is 15.5 Å². The largest absolute Gasteiger partial charge is 0.338 e. The van der Waals surface area contributed by atoms with Gasteiger partial charge in [-0.25, -0.2) is 13.9 Å². The van der Waals surface area contributed by atoms with Crippen molar-refractivity contribution in [3.05, 3.63) is 84.2 Å². The fraction of sp³-hybridized carbons (Fsp3) is 0.259. The number of halogens is 1. The lowest BCUT2D eigenvalue weighted by Crippen LogP contribution is -2.32. The highest BCUT2D eigenvalue weighted by molar-refractivity contribution is 5.85. The lowest BCUT2D eigenvalue weighted by atomic mass is 9.98. The first-order valence-corrected chi connectivity index (χ1v) is 12.1. The molecule has 5 aromatic rings. The molecular weight excluding hydrogens is 455 g/mol. The summed E-state index contributed by atoms with van der Waals surface area (Å²) in [6.07, 6.45) is 7.16. The van der Waals surface area contributed by atoms with Crippen molar-refractivity contribution in [1.82, 2.24) is 29.3 Å². The first-order chi connectivity index (χ1) is 17.7. The molecule has 3 aromatic heterocycles. The predicted octanol–water partition coefficient (Wildman–Crippen LogP) is 4.75. The highest BCUT2D eigenvalue weighted by Crippen LogP contribution is 2.27. The molecule has 0 radical (unpaired) electrons. The molecule has 0 atom stereocenters. The molecule has 9 heteroatoms. The molecule has 36 heavy (non-hydrogen) atoms. The number of anilines is 2. The number of rotatable bonds is 6. The molecule has 1 aliphatic heterocycles. The molecule has 1 saturated heterocycles. The summed E-state index contributed by atoms with van der Waals surface area (Å²) >= 11 is 0. The van der Waals surface area contributed by atoms with Crippen LogP contribution in [0.4, 0.5) is 15.9 Å². The first kappa shape index (κ1) is 22.2. The molecule has 2 aromatic carbocycles. The van der Waals surface area contributed by atoms with Gasteiger partial charge in [0.1, 0.15) is 17.7 Å². The molecule has 8 nitrogen and oxygen atoms in total. The minimum absolute atomic E-state index is 0.167. The minimum atomic E-state index is -0.247. The standard InChI is InChI=1S/C27H25FN8/c28-23-3-1-2-20(12-23)16-36-25-5-4-24(13-22(25)15-31-36)33-27-26-21(8-11-35(26)32-18-30-27)17-34-9-6-19(14-29)7-10-34/h1-5,8,11-13,15,18-19H,6-7,9-10,16-17H2,(H,30,32,33). The third-order valence-electron chi connectivity index (χ3n) is 6.83. The average molecular weight is 481 g/mol. The van der Waals surface area contributed by atoms with Gasteiger partial charge in [-0.05, 0) is 73.5 Å². The van der Waals surface area contributed by atoms with Gasteiger partial charge in [0.15, 0.2) is 5.82 Å². The van der Waals surface area contributed by atoms with E-state index in [2.05, 4.69) is 37.5 Å². The van der Waals surface area contributed by atoms with E-state index in [-0.39, 0.29) is 11.7 Å². The van der Waals surface area contributed by atoms with Crippen LogP contribution < -0.4 is 5.32 Å². The van der Waals surface area contributed by atoms with Gasteiger partial charge >= 0.3 is 0 Å². The topological polar surface area (TPSA) is 87.1 Å². The van der Waals surface area contributed by atoms with Crippen LogP contribution in [0.25, 0.3) is 16.4 Å². The Morgan fingerprint density at radius 2 is 1.94 bits per heavy atom. The van der Waals surface area contributed by atoms with Gasteiger partial charge in [0, 0.05) is 29.7 Å². The maximum absolute atomic E-state index is 13.6. The highest BCUT2D eigenvalue weighted by Gasteiger charge is 2.20. The number of fused-ring (bicyclic) bond motifs is 2. The molecule has 0 bridgehead atoms. The summed E-state index contributed by atoms with van der Waals surface area (Å²) in [5, 5.41) is 22.5. The molecule has 0 saturated carbocycles. The van der Waals surface area contributed by atoms with E-state index in [9.17, 15) is 9.65 Å². The van der Waals surface area contributed by atoms with E-state index < -0.39 is 0 Å². The number of likely N-dealkylation sites (tertiary alicyclic amines) is 1. The van der Waals surface area contributed by atoms with Gasteiger partial charge in [0.2, 0.25) is 0 Å². The van der Waals surface area contributed by atoms with Crippen molar-refractivity contribution in [2.45, 2.75) is 25.9 Å². The molecular formula is C27H25FN8. The van der Waals surface area contributed by atoms with Crippen LogP contribution in [0.1, 0.15) is 24.0 Å². The monoisotopic (exact) mass is 480 g/mol. The SMILES string of the molecule is N#CC1CCN(Cc2ccn3ncnc(Nc4ccc5c(cnn5Cc5cccc(F)c5)c4)c23)CC1. The normalized spacial score (nSPS) is 14.9. The predicted molar refractivity (Wildman–Crippen MR) is 135 cm³/mol. The molecule has 180 valence electrons. The number of hydrogen-bond acceptors (Lipinski definition) is 6. The molecule has 1 fully saturated rings. The average Bonchev–Trinajstić information content (AvgIpc) is 3.49. The molecule has 0 amide bonds. The minimum Gasteiger partial charge on any atom is -0.338 e. The van der Waals surface area contributed by atoms with Gasteiger partial charge in [0.05, 0.1) is 24.3 Å². The summed E-state index contributed by atoms with van der Waals surface area (Å²) in [6, 6.07) is 17.1. The Morgan fingerprint density at radius 3 is 2.78 bits per heavy atom. The summed E-state index contributed by atoms with van der Waals surface area (Å²) in [5.74, 6) is 0.659. The highest BCUT2D eigenvalue weighted by atomic mass is 19.1. The zero-order valence-corrected chi connectivity index (χ0v) is 19.7. The number of nitrogens with zero attached hydrogens (tertiary/aromatic N) is 7. The van der Waals surface area contributed by atoms with E-state index in [1.807, 2.05) is 45.9 Å². The Bertz CT molecular complexity index is 1570. The Kier molecular flexibility index (Phi) is 5.79. The third kappa shape index (κ3) is 4.39. The summed E-state index contributed by atoms with van der Waals surface area (Å²) in [5.41, 5.74) is 4.83. The number of hydrogen-bond donors (Lipinski definition) is 1. The van der Waals surface area contributed by atoms with Crippen molar-refractivity contribution in [3.8, 4) is 6.07 Å². The Morgan fingerprint density at radius 1 is 1.06 bits per heavy atom. The van der Waals surface area contributed by atoms with E-state index in [0.29, 0.717) is 6.54 Å². The molecule has 0 spiro atoms. The number of benzene rings is 2. The Labute approximate surface area is 207 Å². The zero-order chi connectivity index (χ0) is 24.5. The quantitative estimate of drug-likeness (QED) is 0.378. The van der Waals surface area contributed by atoms with Crippen LogP contribution in [0.5, 0.6) is 0 Å². The zero-order valence-electron chi connectivity index (χ0n) is 19.7. The number of piperidine rings is 1. The first-order valence-electron chi connectivity index (χ1n) is 12.1. The van der Waals surface area contributed by atoms with E-state index in [0.717, 1.165) is 71.5 Å². The Hall–Kier alpha value is -4.29. The van der Waals surface area contributed by atoms with E-state index in [1.54, 1.807) is 12.4 Å². The van der Waals surface area contributed by atoms with Gasteiger partial charge < -0.3 is 5.32 Å². The van der Waals surface area contributed by atoms with Crippen molar-refractivity contribution < 1.29 is 4.39 Å². The smallest absolute Gasteiger partial charge is 0.158 e. The fourth-order valence-electron chi connectivity index (χ4n) is 4.93. The summed E-state index contributed by atoms with van der Waals surface area (Å²) in [4.78, 5) is 6.93. The third-order valence-corrected chi connectivity index (χ3v) is 6.83. The molecule has 6 rings (SSSR count). The maximum atomic E-state index is 13.6. The van der Waals surface area contributed by atoms with Crippen LogP contribution in [0.2, 0.25) is 0 Å². The maximum Gasteiger partial charge on any atom is 0.158 e. The summed E-state index contributed by atoms with van der Waals surface area (Å²) in [7, 11) is 0. The van der Waals surface area contributed by atoms with Crippen LogP contribution in [0, 0.1) is 23.1 Å². The van der Waals surface area contributed by atoms with Gasteiger partial charge in [-0.1, -0.05) is 12.1 Å². The van der Waals surface area contributed by atoms with Crippen molar-refractivity contribution in [1.29, 1.82) is 5.26 Å². The van der Waals surface area contributed by atoms with Crippen molar-refractivity contribution in [2.75, 3.05) is 18.4 Å². The molecule has 1 N–H and O–H groups in total. The van der Waals surface area contributed by atoms with Crippen LogP contribution >= 0.6 is 0 Å². The van der Waals surface area contributed by atoms with Gasteiger partial charge in [-0.15, -0.1) is 0 Å². The van der Waals surface area contributed by atoms with Crippen LogP contribution in [-0.4, -0.2) is 42.4 Å². The van der Waals surface area contributed by atoms with Crippen molar-refractivity contribution in [2.24, 2.45) is 5.92 Å². The van der Waals surface area contributed by atoms with Gasteiger partial charge in [0.25, 0.3) is 0 Å². The Balaban J connectivity index is 1.24. The molecule has 4 heterocycles. The van der Waals surface area contributed by atoms with Crippen LogP contribution in [-0.2, 0) is 13.1 Å². The van der Waals surface area contributed by atoms with Crippen LogP contribution in [0.15, 0.2) is 67.3 Å². The fourth-order valence-corrected chi connectivity index (χ4v) is 4.93. The lowest BCUT2D eigenvalue weighted by Gasteiger charge is -2.28. The summed E-state index contributed by atoms with van der Waals surface area (Å²) < 4.78 is 17.3. The number of nitriles is 1. The number of aromatic nitrogens is 5. The summed E-state index contributed by atoms with van der Waals surface area (Å²) in [6.45, 7) is 3.13. The van der Waals surface area contributed by atoms with Crippen LogP contribution in [0.3, 0.4) is 0 Å². The number of nitrogens with one attached hydrogen (secondary N) is 1.